The van der Waals surface area contributed by atoms with E-state index in [-0.39, 0.29) is 0 Å². The first-order valence-electron chi connectivity index (χ1n) is 6.55. The molecule has 4 atom stereocenters. The second kappa shape index (κ2) is 4.51. The Balaban J connectivity index is 1.91. The number of aliphatic hydroxyl groups is 1. The van der Waals surface area contributed by atoms with Gasteiger partial charge in [0.25, 0.3) is 5.85 Å². The molecule has 3 aliphatic rings. The molecule has 2 unspecified atom stereocenters. The molecule has 0 radical (unpaired) electrons. The summed E-state index contributed by atoms with van der Waals surface area (Å²) in [7, 11) is 0. The minimum Gasteiger partial charge on any atom is -0.390 e. The summed E-state index contributed by atoms with van der Waals surface area (Å²) in [5.41, 5.74) is 0.420. The van der Waals surface area contributed by atoms with Gasteiger partial charge in [-0.1, -0.05) is 6.58 Å². The third-order valence-corrected chi connectivity index (χ3v) is 3.58. The predicted octanol–water partition coefficient (Wildman–Crippen LogP) is 0.573. The van der Waals surface area contributed by atoms with Gasteiger partial charge in [0.15, 0.2) is 18.1 Å². The Morgan fingerprint density at radius 2 is 2.19 bits per heavy atom. The second-order valence-electron chi connectivity index (χ2n) is 5.65. The van der Waals surface area contributed by atoms with Gasteiger partial charge in [-0.2, -0.15) is 0 Å². The fraction of sp³-hybridized carbons (Fsp3) is 0.615. The third kappa shape index (κ3) is 2.24. The molecule has 0 spiro atoms. The number of carbonyl (C=O) groups excluding carboxylic acids is 1. The molecule has 8 heteroatoms. The first kappa shape index (κ1) is 14.5. The maximum Gasteiger partial charge on any atom is 0.328 e. The van der Waals surface area contributed by atoms with Gasteiger partial charge < -0.3 is 24.6 Å². The molecule has 3 aliphatic heterocycles. The molecular weight excluding hydrogens is 283 g/mol. The Bertz CT molecular complexity index is 523. The Morgan fingerprint density at radius 3 is 2.81 bits per heavy atom. The Morgan fingerprint density at radius 1 is 1.48 bits per heavy atom. The van der Waals surface area contributed by atoms with E-state index in [1.807, 2.05) is 0 Å². The molecule has 3 heterocycles. The van der Waals surface area contributed by atoms with Gasteiger partial charge in [0.1, 0.15) is 12.7 Å². The van der Waals surface area contributed by atoms with E-state index < -0.39 is 42.7 Å². The number of alkyl halides is 1. The topological polar surface area (TPSA) is 80.3 Å². The molecule has 7 nitrogen and oxygen atoms in total. The lowest BCUT2D eigenvalue weighted by Gasteiger charge is -2.32. The first-order valence-corrected chi connectivity index (χ1v) is 6.55. The molecule has 116 valence electrons. The van der Waals surface area contributed by atoms with Crippen molar-refractivity contribution in [3.05, 3.63) is 24.6 Å². The Labute approximate surface area is 120 Å². The number of nitrogens with zero attached hydrogens (tertiary/aromatic N) is 1. The van der Waals surface area contributed by atoms with Crippen molar-refractivity contribution in [2.24, 2.45) is 0 Å². The molecule has 0 aliphatic carbocycles. The highest BCUT2D eigenvalue weighted by atomic mass is 19.2. The van der Waals surface area contributed by atoms with Gasteiger partial charge in [-0.3, -0.25) is 4.90 Å². The molecule has 2 saturated heterocycles. The van der Waals surface area contributed by atoms with Crippen LogP contribution < -0.4 is 5.32 Å². The summed E-state index contributed by atoms with van der Waals surface area (Å²) in [5, 5.41) is 11.8. The smallest absolute Gasteiger partial charge is 0.328 e. The average Bonchev–Trinajstić information content (AvgIpc) is 2.84. The third-order valence-electron chi connectivity index (χ3n) is 3.58. The maximum absolute atomic E-state index is 14.7. The summed E-state index contributed by atoms with van der Waals surface area (Å²) in [4.78, 5) is 13.1. The first-order chi connectivity index (χ1) is 9.76. The van der Waals surface area contributed by atoms with Gasteiger partial charge >= 0.3 is 6.03 Å². The summed E-state index contributed by atoms with van der Waals surface area (Å²) >= 11 is 0. The highest BCUT2D eigenvalue weighted by Gasteiger charge is 2.65. The zero-order valence-corrected chi connectivity index (χ0v) is 11.7. The second-order valence-corrected chi connectivity index (χ2v) is 5.65. The van der Waals surface area contributed by atoms with E-state index in [0.717, 1.165) is 4.90 Å². The average molecular weight is 300 g/mol. The number of amides is 2. The Kier molecular flexibility index (Phi) is 3.10. The van der Waals surface area contributed by atoms with Crippen LogP contribution in [0, 0.1) is 0 Å². The largest absolute Gasteiger partial charge is 0.390 e. The van der Waals surface area contributed by atoms with Gasteiger partial charge in [0, 0.05) is 11.9 Å². The molecule has 0 saturated carbocycles. The highest BCUT2D eigenvalue weighted by Crippen LogP contribution is 2.45. The van der Waals surface area contributed by atoms with Crippen LogP contribution in [0.1, 0.15) is 13.8 Å². The SMILES string of the molecule is C=C1C=CN([C@@H]2O[C@](F)(CO)C3OC(C)(C)OC32)C(=O)N1. The number of hydrogen-bond donors (Lipinski definition) is 2. The molecule has 2 amide bonds. The lowest BCUT2D eigenvalue weighted by Crippen LogP contribution is -2.49. The summed E-state index contributed by atoms with van der Waals surface area (Å²) < 4.78 is 31.0. The fourth-order valence-corrected chi connectivity index (χ4v) is 2.69. The molecule has 21 heavy (non-hydrogen) atoms. The number of aliphatic hydroxyl groups excluding tert-OH is 1. The standard InChI is InChI=1S/C13H17FN2O5/c1-7-4-5-16(11(18)15-7)10-8-9(13(14,6-17)21-10)20-12(2,3)19-8/h4-5,8-10,17H,1,6H2,2-3H3,(H,15,18)/t8?,9?,10-,13-/m1/s1. The normalized spacial score (nSPS) is 41.3. The van der Waals surface area contributed by atoms with Crippen molar-refractivity contribution in [3.8, 4) is 0 Å². The quantitative estimate of drug-likeness (QED) is 0.779. The minimum absolute atomic E-state index is 0.420. The summed E-state index contributed by atoms with van der Waals surface area (Å²) in [6, 6.07) is -0.512. The van der Waals surface area contributed by atoms with Gasteiger partial charge in [0.05, 0.1) is 0 Å². The number of ether oxygens (including phenoxy) is 3. The van der Waals surface area contributed by atoms with E-state index in [2.05, 4.69) is 11.9 Å². The van der Waals surface area contributed by atoms with Crippen LogP contribution in [0.25, 0.3) is 0 Å². The molecule has 3 rings (SSSR count). The predicted molar refractivity (Wildman–Crippen MR) is 68.3 cm³/mol. The van der Waals surface area contributed by atoms with Crippen LogP contribution in [-0.4, -0.2) is 52.7 Å². The van der Waals surface area contributed by atoms with E-state index in [9.17, 15) is 14.3 Å². The summed E-state index contributed by atoms with van der Waals surface area (Å²) in [5.74, 6) is -3.45. The van der Waals surface area contributed by atoms with Crippen molar-refractivity contribution < 1.29 is 28.5 Å². The van der Waals surface area contributed by atoms with Gasteiger partial charge in [-0.15, -0.1) is 0 Å². The van der Waals surface area contributed by atoms with Crippen molar-refractivity contribution in [1.29, 1.82) is 0 Å². The monoisotopic (exact) mass is 300 g/mol. The van der Waals surface area contributed by atoms with Crippen LogP contribution in [0.2, 0.25) is 0 Å². The zero-order chi connectivity index (χ0) is 15.4. The van der Waals surface area contributed by atoms with Crippen molar-refractivity contribution in [2.75, 3.05) is 6.61 Å². The van der Waals surface area contributed by atoms with Crippen molar-refractivity contribution in [3.63, 3.8) is 0 Å². The summed E-state index contributed by atoms with van der Waals surface area (Å²) in [6.07, 6.45) is -0.0236. The van der Waals surface area contributed by atoms with Crippen molar-refractivity contribution in [2.45, 2.75) is 43.9 Å². The molecule has 0 aromatic carbocycles. The van der Waals surface area contributed by atoms with Crippen LogP contribution in [-0.2, 0) is 14.2 Å². The van der Waals surface area contributed by atoms with E-state index >= 15 is 0 Å². The number of hydrogen-bond acceptors (Lipinski definition) is 5. The summed E-state index contributed by atoms with van der Waals surface area (Å²) in [6.45, 7) is 5.98. The fourth-order valence-electron chi connectivity index (χ4n) is 2.69. The lowest BCUT2D eigenvalue weighted by atomic mass is 10.1. The van der Waals surface area contributed by atoms with E-state index in [0.29, 0.717) is 5.70 Å². The van der Waals surface area contributed by atoms with Crippen LogP contribution in [0.15, 0.2) is 24.6 Å². The molecule has 0 aromatic rings. The number of fused-ring (bicyclic) bond motifs is 1. The number of allylic oxidation sites excluding steroid dienone is 1. The Hall–Kier alpha value is -1.48. The number of rotatable bonds is 2. The number of halogens is 1. The van der Waals surface area contributed by atoms with Crippen LogP contribution in [0.3, 0.4) is 0 Å². The molecular formula is C13H17FN2O5. The van der Waals surface area contributed by atoms with Crippen molar-refractivity contribution >= 4 is 6.03 Å². The molecule has 0 aromatic heterocycles. The zero-order valence-electron chi connectivity index (χ0n) is 11.7. The van der Waals surface area contributed by atoms with Crippen LogP contribution >= 0.6 is 0 Å². The minimum atomic E-state index is -2.42. The van der Waals surface area contributed by atoms with E-state index in [4.69, 9.17) is 14.2 Å². The molecule has 2 N–H and O–H groups in total. The van der Waals surface area contributed by atoms with Gasteiger partial charge in [0.2, 0.25) is 0 Å². The number of urea groups is 1. The van der Waals surface area contributed by atoms with Crippen molar-refractivity contribution in [1.82, 2.24) is 10.2 Å². The maximum atomic E-state index is 14.7. The van der Waals surface area contributed by atoms with Gasteiger partial charge in [-0.25, -0.2) is 9.18 Å². The van der Waals surface area contributed by atoms with E-state index in [1.165, 1.54) is 6.20 Å². The lowest BCUT2D eigenvalue weighted by molar-refractivity contribution is -0.265. The number of carbonyl (C=O) groups is 1. The molecule has 2 fully saturated rings. The van der Waals surface area contributed by atoms with Crippen LogP contribution in [0.5, 0.6) is 0 Å². The highest BCUT2D eigenvalue weighted by molar-refractivity contribution is 5.79. The van der Waals surface area contributed by atoms with E-state index in [1.54, 1.807) is 19.9 Å². The van der Waals surface area contributed by atoms with Crippen LogP contribution in [0.4, 0.5) is 9.18 Å². The van der Waals surface area contributed by atoms with Gasteiger partial charge in [-0.05, 0) is 19.9 Å². The number of nitrogens with one attached hydrogen (secondary N) is 1. The molecule has 0 bridgehead atoms.